The second-order valence-electron chi connectivity index (χ2n) is 6.15. The number of hydrogen-bond donors (Lipinski definition) is 2. The number of nitrogens with zero attached hydrogens (tertiary/aromatic N) is 1. The van der Waals surface area contributed by atoms with E-state index < -0.39 is 11.4 Å². The van der Waals surface area contributed by atoms with Crippen molar-refractivity contribution < 1.29 is 19.2 Å². The van der Waals surface area contributed by atoms with Crippen molar-refractivity contribution >= 4 is 11.9 Å². The van der Waals surface area contributed by atoms with Crippen molar-refractivity contribution in [1.82, 2.24) is 10.5 Å². The van der Waals surface area contributed by atoms with Gasteiger partial charge in [-0.25, -0.2) is 0 Å². The van der Waals surface area contributed by atoms with Gasteiger partial charge in [-0.15, -0.1) is 0 Å². The molecule has 0 saturated heterocycles. The zero-order valence-corrected chi connectivity index (χ0v) is 12.7. The number of carbonyl (C=O) groups is 2. The minimum absolute atomic E-state index is 0.151. The maximum atomic E-state index is 12.2. The van der Waals surface area contributed by atoms with Crippen LogP contribution in [0.2, 0.25) is 0 Å². The van der Waals surface area contributed by atoms with Crippen LogP contribution in [0.1, 0.15) is 54.4 Å². The van der Waals surface area contributed by atoms with Crippen molar-refractivity contribution in [3.8, 4) is 0 Å². The summed E-state index contributed by atoms with van der Waals surface area (Å²) < 4.78 is 4.97. The lowest BCUT2D eigenvalue weighted by molar-refractivity contribution is -0.151. The van der Waals surface area contributed by atoms with Crippen LogP contribution in [0.4, 0.5) is 0 Å². The Morgan fingerprint density at radius 2 is 2.00 bits per heavy atom. The summed E-state index contributed by atoms with van der Waals surface area (Å²) in [4.78, 5) is 23.8. The van der Waals surface area contributed by atoms with E-state index in [0.29, 0.717) is 35.8 Å². The van der Waals surface area contributed by atoms with E-state index in [4.69, 9.17) is 4.52 Å². The third-order valence-electron chi connectivity index (χ3n) is 4.53. The van der Waals surface area contributed by atoms with Gasteiger partial charge >= 0.3 is 5.97 Å². The largest absolute Gasteiger partial charge is 0.481 e. The first kappa shape index (κ1) is 15.5. The van der Waals surface area contributed by atoms with Crippen molar-refractivity contribution in [3.05, 3.63) is 17.0 Å². The number of hydrogen-bond acceptors (Lipinski definition) is 4. The van der Waals surface area contributed by atoms with Gasteiger partial charge in [-0.3, -0.25) is 9.59 Å². The first-order chi connectivity index (χ1) is 9.85. The van der Waals surface area contributed by atoms with Crippen molar-refractivity contribution in [3.63, 3.8) is 0 Å². The summed E-state index contributed by atoms with van der Waals surface area (Å²) in [7, 11) is 0. The van der Waals surface area contributed by atoms with E-state index in [9.17, 15) is 14.7 Å². The standard InChI is InChI=1S/C15H22N2O4/c1-9-4-6-15(7-5-9,14(19)20)8-16-13(18)12-10(2)17-21-11(12)3/h9H,4-8H2,1-3H3,(H,16,18)(H,19,20). The topological polar surface area (TPSA) is 92.4 Å². The van der Waals surface area contributed by atoms with E-state index in [1.54, 1.807) is 13.8 Å². The molecule has 1 aliphatic rings. The van der Waals surface area contributed by atoms with E-state index in [0.717, 1.165) is 12.8 Å². The van der Waals surface area contributed by atoms with Crippen molar-refractivity contribution in [2.75, 3.05) is 6.54 Å². The Hall–Kier alpha value is -1.85. The molecule has 21 heavy (non-hydrogen) atoms. The highest BCUT2D eigenvalue weighted by molar-refractivity contribution is 5.96. The molecule has 1 heterocycles. The molecule has 2 rings (SSSR count). The molecule has 116 valence electrons. The van der Waals surface area contributed by atoms with Crippen LogP contribution in [-0.4, -0.2) is 28.7 Å². The van der Waals surface area contributed by atoms with Gasteiger partial charge in [0, 0.05) is 6.54 Å². The van der Waals surface area contributed by atoms with Gasteiger partial charge in [-0.1, -0.05) is 12.1 Å². The Morgan fingerprint density at radius 3 is 2.48 bits per heavy atom. The molecule has 6 heteroatoms. The Balaban J connectivity index is 2.06. The lowest BCUT2D eigenvalue weighted by atomic mass is 9.71. The van der Waals surface area contributed by atoms with Gasteiger partial charge in [0.2, 0.25) is 0 Å². The highest BCUT2D eigenvalue weighted by atomic mass is 16.5. The molecule has 1 aliphatic carbocycles. The van der Waals surface area contributed by atoms with E-state index >= 15 is 0 Å². The van der Waals surface area contributed by atoms with E-state index in [-0.39, 0.29) is 12.5 Å². The Morgan fingerprint density at radius 1 is 1.38 bits per heavy atom. The number of aliphatic carboxylic acids is 1. The van der Waals surface area contributed by atoms with E-state index in [1.165, 1.54) is 0 Å². The van der Waals surface area contributed by atoms with E-state index in [1.807, 2.05) is 0 Å². The molecule has 1 saturated carbocycles. The van der Waals surface area contributed by atoms with Gasteiger partial charge in [0.15, 0.2) is 0 Å². The van der Waals surface area contributed by atoms with Crippen molar-refractivity contribution in [2.45, 2.75) is 46.5 Å². The maximum Gasteiger partial charge on any atom is 0.311 e. The molecule has 0 spiro atoms. The molecule has 6 nitrogen and oxygen atoms in total. The number of carbonyl (C=O) groups excluding carboxylic acids is 1. The van der Waals surface area contributed by atoms with Crippen LogP contribution < -0.4 is 5.32 Å². The van der Waals surface area contributed by atoms with Crippen LogP contribution in [0.5, 0.6) is 0 Å². The summed E-state index contributed by atoms with van der Waals surface area (Å²) in [6.07, 6.45) is 2.97. The fourth-order valence-electron chi connectivity index (χ4n) is 2.93. The number of carboxylic acid groups (broad SMARTS) is 1. The lowest BCUT2D eigenvalue weighted by Crippen LogP contribution is -2.45. The lowest BCUT2D eigenvalue weighted by Gasteiger charge is -2.35. The molecule has 1 fully saturated rings. The summed E-state index contributed by atoms with van der Waals surface area (Å²) in [5.74, 6) is -0.138. The van der Waals surface area contributed by atoms with Gasteiger partial charge in [-0.05, 0) is 45.4 Å². The Kier molecular flexibility index (Phi) is 4.34. The van der Waals surface area contributed by atoms with Crippen LogP contribution in [0.25, 0.3) is 0 Å². The van der Waals surface area contributed by atoms with Crippen LogP contribution in [0, 0.1) is 25.2 Å². The summed E-state index contributed by atoms with van der Waals surface area (Å²) in [6, 6.07) is 0. The van der Waals surface area contributed by atoms with Crippen LogP contribution in [0.3, 0.4) is 0 Å². The third kappa shape index (κ3) is 3.09. The quantitative estimate of drug-likeness (QED) is 0.889. The first-order valence-electron chi connectivity index (χ1n) is 7.30. The Labute approximate surface area is 123 Å². The second kappa shape index (κ2) is 5.87. The summed E-state index contributed by atoms with van der Waals surface area (Å²) in [5, 5.41) is 16.0. The highest BCUT2D eigenvalue weighted by Gasteiger charge is 2.41. The van der Waals surface area contributed by atoms with Crippen LogP contribution >= 0.6 is 0 Å². The molecule has 0 aliphatic heterocycles. The number of aromatic nitrogens is 1. The summed E-state index contributed by atoms with van der Waals surface area (Å²) in [5.41, 5.74) is 0.0765. The summed E-state index contributed by atoms with van der Waals surface area (Å²) >= 11 is 0. The second-order valence-corrected chi connectivity index (χ2v) is 6.15. The van der Waals surface area contributed by atoms with Crippen molar-refractivity contribution in [2.24, 2.45) is 11.3 Å². The van der Waals surface area contributed by atoms with E-state index in [2.05, 4.69) is 17.4 Å². The third-order valence-corrected chi connectivity index (χ3v) is 4.53. The monoisotopic (exact) mass is 294 g/mol. The number of nitrogens with one attached hydrogen (secondary N) is 1. The number of rotatable bonds is 4. The zero-order valence-electron chi connectivity index (χ0n) is 12.7. The van der Waals surface area contributed by atoms with Gasteiger partial charge < -0.3 is 14.9 Å². The van der Waals surface area contributed by atoms with Gasteiger partial charge in [0.05, 0.1) is 11.1 Å². The minimum atomic E-state index is -0.846. The fraction of sp³-hybridized carbons (Fsp3) is 0.667. The molecule has 0 aromatic carbocycles. The molecule has 2 N–H and O–H groups in total. The Bertz CT molecular complexity index is 522. The number of amides is 1. The molecule has 0 atom stereocenters. The number of carboxylic acids is 1. The van der Waals surface area contributed by atoms with Crippen molar-refractivity contribution in [1.29, 1.82) is 0 Å². The average molecular weight is 294 g/mol. The average Bonchev–Trinajstić information content (AvgIpc) is 2.77. The highest BCUT2D eigenvalue weighted by Crippen LogP contribution is 2.38. The molecule has 0 bridgehead atoms. The van der Waals surface area contributed by atoms with Crippen LogP contribution in [0.15, 0.2) is 4.52 Å². The molecule has 1 aromatic rings. The zero-order chi connectivity index (χ0) is 15.6. The molecular weight excluding hydrogens is 272 g/mol. The SMILES string of the molecule is Cc1noc(C)c1C(=O)NCC1(C(=O)O)CCC(C)CC1. The molecule has 0 radical (unpaired) electrons. The summed E-state index contributed by atoms with van der Waals surface area (Å²) in [6.45, 7) is 5.65. The molecule has 1 amide bonds. The fourth-order valence-corrected chi connectivity index (χ4v) is 2.93. The minimum Gasteiger partial charge on any atom is -0.481 e. The predicted molar refractivity (Wildman–Crippen MR) is 76.0 cm³/mol. The van der Waals surface area contributed by atoms with Gasteiger partial charge in [0.1, 0.15) is 11.3 Å². The predicted octanol–water partition coefficient (Wildman–Crippen LogP) is 2.30. The first-order valence-corrected chi connectivity index (χ1v) is 7.30. The molecule has 0 unspecified atom stereocenters. The van der Waals surface area contributed by atoms with Gasteiger partial charge in [0.25, 0.3) is 5.91 Å². The normalized spacial score (nSPS) is 25.6. The number of aryl methyl sites for hydroxylation is 2. The maximum absolute atomic E-state index is 12.2. The smallest absolute Gasteiger partial charge is 0.311 e. The van der Waals surface area contributed by atoms with Gasteiger partial charge in [-0.2, -0.15) is 0 Å². The van der Waals surface area contributed by atoms with Crippen LogP contribution in [-0.2, 0) is 4.79 Å². The molecule has 1 aromatic heterocycles. The molecular formula is C15H22N2O4.